The van der Waals surface area contributed by atoms with Crippen LogP contribution in [0.15, 0.2) is 35.5 Å². The number of aromatic amines is 1. The number of nitrogens with one attached hydrogen (secondary N) is 1. The van der Waals surface area contributed by atoms with E-state index in [2.05, 4.69) is 15.2 Å². The fourth-order valence-electron chi connectivity index (χ4n) is 2.90. The maximum atomic E-state index is 12.5. The Kier molecular flexibility index (Phi) is 5.43. The third-order valence-corrected chi connectivity index (χ3v) is 6.73. The molecule has 1 aliphatic rings. The molecule has 1 aromatic heterocycles. The van der Waals surface area contributed by atoms with Crippen molar-refractivity contribution in [1.29, 1.82) is 0 Å². The van der Waals surface area contributed by atoms with E-state index in [1.54, 1.807) is 4.90 Å². The lowest BCUT2D eigenvalue weighted by Crippen LogP contribution is -2.41. The average Bonchev–Trinajstić information content (AvgIpc) is 3.21. The molecule has 3 rings (SSSR count). The number of carbonyl (C=O) groups is 1. The van der Waals surface area contributed by atoms with Crippen molar-refractivity contribution in [3.8, 4) is 11.4 Å². The Balaban J connectivity index is 1.59. The molecule has 0 bridgehead atoms. The third kappa shape index (κ3) is 4.40. The van der Waals surface area contributed by atoms with Crippen molar-refractivity contribution in [2.24, 2.45) is 0 Å². The van der Waals surface area contributed by atoms with Gasteiger partial charge in [-0.3, -0.25) is 9.89 Å². The van der Waals surface area contributed by atoms with Crippen molar-refractivity contribution in [1.82, 2.24) is 20.1 Å². The maximum Gasteiger partial charge on any atom is 0.233 e. The highest BCUT2D eigenvalue weighted by Gasteiger charge is 2.33. The summed E-state index contributed by atoms with van der Waals surface area (Å²) in [6.45, 7) is 2.37. The summed E-state index contributed by atoms with van der Waals surface area (Å²) in [6, 6.07) is 9.41. The third-order valence-electron chi connectivity index (χ3n) is 4.15. The first kappa shape index (κ1) is 17.9. The lowest BCUT2D eigenvalue weighted by Gasteiger charge is -2.26. The summed E-state index contributed by atoms with van der Waals surface area (Å²) in [5, 5.41) is 7.50. The van der Waals surface area contributed by atoms with E-state index < -0.39 is 9.84 Å². The first-order chi connectivity index (χ1) is 12.0. The molecular weight excluding hydrogens is 360 g/mol. The van der Waals surface area contributed by atoms with Gasteiger partial charge in [-0.1, -0.05) is 42.1 Å². The van der Waals surface area contributed by atoms with E-state index in [-0.39, 0.29) is 29.2 Å². The van der Waals surface area contributed by atoms with Gasteiger partial charge in [-0.05, 0) is 13.3 Å². The topological polar surface area (TPSA) is 96.0 Å². The van der Waals surface area contributed by atoms with Gasteiger partial charge in [0, 0.05) is 18.2 Å². The molecule has 1 N–H and O–H groups in total. The van der Waals surface area contributed by atoms with E-state index >= 15 is 0 Å². The fourth-order valence-corrected chi connectivity index (χ4v) is 5.32. The van der Waals surface area contributed by atoms with Crippen LogP contribution in [0.5, 0.6) is 0 Å². The van der Waals surface area contributed by atoms with Crippen LogP contribution in [-0.4, -0.2) is 64.3 Å². The number of rotatable bonds is 6. The van der Waals surface area contributed by atoms with Gasteiger partial charge in [-0.15, -0.1) is 5.10 Å². The zero-order chi connectivity index (χ0) is 17.9. The molecule has 1 amide bonds. The van der Waals surface area contributed by atoms with E-state index in [9.17, 15) is 13.2 Å². The first-order valence-corrected chi connectivity index (χ1v) is 10.9. The summed E-state index contributed by atoms with van der Waals surface area (Å²) in [4.78, 5) is 18.5. The summed E-state index contributed by atoms with van der Waals surface area (Å²) in [7, 11) is -3.01. The highest BCUT2D eigenvalue weighted by Crippen LogP contribution is 2.22. The minimum absolute atomic E-state index is 0.0655. The molecule has 9 heteroatoms. The van der Waals surface area contributed by atoms with Gasteiger partial charge in [0.15, 0.2) is 15.7 Å². The van der Waals surface area contributed by atoms with Gasteiger partial charge in [0.1, 0.15) is 0 Å². The standard InChI is InChI=1S/C16H20N4O3S2/c1-2-20(13-8-9-25(22,23)11-13)14(21)10-24-16-17-15(18-19-16)12-6-4-3-5-7-12/h3-7,13H,2,8-11H2,1H3,(H,17,18,19)/t13-/m0/s1. The minimum atomic E-state index is -3.01. The van der Waals surface area contributed by atoms with Crippen LogP contribution in [0.3, 0.4) is 0 Å². The molecule has 0 aliphatic carbocycles. The number of hydrogen-bond donors (Lipinski definition) is 1. The molecule has 7 nitrogen and oxygen atoms in total. The summed E-state index contributed by atoms with van der Waals surface area (Å²) in [5.41, 5.74) is 0.930. The van der Waals surface area contributed by atoms with Crippen molar-refractivity contribution in [2.75, 3.05) is 23.8 Å². The monoisotopic (exact) mass is 380 g/mol. The number of nitrogens with zero attached hydrogens (tertiary/aromatic N) is 3. The Labute approximate surface area is 151 Å². The van der Waals surface area contributed by atoms with E-state index in [1.165, 1.54) is 11.8 Å². The summed E-state index contributed by atoms with van der Waals surface area (Å²) in [6.07, 6.45) is 0.519. The van der Waals surface area contributed by atoms with Crippen molar-refractivity contribution < 1.29 is 13.2 Å². The molecular formula is C16H20N4O3S2. The highest BCUT2D eigenvalue weighted by atomic mass is 32.2. The quantitative estimate of drug-likeness (QED) is 0.765. The number of hydrogen-bond acceptors (Lipinski definition) is 6. The Bertz CT molecular complexity index is 836. The van der Waals surface area contributed by atoms with Gasteiger partial charge in [-0.2, -0.15) is 0 Å². The molecule has 1 saturated heterocycles. The van der Waals surface area contributed by atoms with Crippen LogP contribution in [0.1, 0.15) is 13.3 Å². The van der Waals surface area contributed by atoms with Crippen LogP contribution in [0.25, 0.3) is 11.4 Å². The number of sulfone groups is 1. The highest BCUT2D eigenvalue weighted by molar-refractivity contribution is 7.99. The minimum Gasteiger partial charge on any atom is -0.338 e. The molecule has 1 aromatic carbocycles. The number of aromatic nitrogens is 3. The second-order valence-corrected chi connectivity index (χ2v) is 9.03. The van der Waals surface area contributed by atoms with Gasteiger partial charge in [0.05, 0.1) is 17.3 Å². The molecule has 0 unspecified atom stereocenters. The van der Waals surface area contributed by atoms with Crippen molar-refractivity contribution in [3.05, 3.63) is 30.3 Å². The number of amides is 1. The molecule has 1 atom stereocenters. The molecule has 1 fully saturated rings. The molecule has 0 radical (unpaired) electrons. The van der Waals surface area contributed by atoms with Crippen LogP contribution in [0, 0.1) is 0 Å². The van der Waals surface area contributed by atoms with Crippen molar-refractivity contribution >= 4 is 27.5 Å². The zero-order valence-electron chi connectivity index (χ0n) is 13.9. The molecule has 1 aliphatic heterocycles. The largest absolute Gasteiger partial charge is 0.338 e. The predicted octanol–water partition coefficient (Wildman–Crippen LogP) is 1.60. The lowest BCUT2D eigenvalue weighted by atomic mass is 10.2. The molecule has 2 heterocycles. The Morgan fingerprint density at radius 3 is 2.76 bits per heavy atom. The molecule has 0 spiro atoms. The maximum absolute atomic E-state index is 12.5. The number of thioether (sulfide) groups is 1. The predicted molar refractivity (Wildman–Crippen MR) is 97.0 cm³/mol. The van der Waals surface area contributed by atoms with Gasteiger partial charge >= 0.3 is 0 Å². The van der Waals surface area contributed by atoms with E-state index in [4.69, 9.17) is 0 Å². The van der Waals surface area contributed by atoms with E-state index in [1.807, 2.05) is 37.3 Å². The van der Waals surface area contributed by atoms with Crippen LogP contribution in [0.2, 0.25) is 0 Å². The molecule has 134 valence electrons. The SMILES string of the molecule is CCN(C(=O)CSc1n[nH]c(-c2ccccc2)n1)[C@H]1CCS(=O)(=O)C1. The number of carbonyl (C=O) groups excluding carboxylic acids is 1. The van der Waals surface area contributed by atoms with E-state index in [0.717, 1.165) is 5.56 Å². The van der Waals surface area contributed by atoms with Crippen molar-refractivity contribution in [2.45, 2.75) is 24.5 Å². The van der Waals surface area contributed by atoms with Crippen LogP contribution in [-0.2, 0) is 14.6 Å². The Morgan fingerprint density at radius 2 is 2.12 bits per heavy atom. The van der Waals surface area contributed by atoms with Gasteiger partial charge < -0.3 is 4.90 Å². The Hall–Kier alpha value is -1.87. The second kappa shape index (κ2) is 7.57. The summed E-state index contributed by atoms with van der Waals surface area (Å²) < 4.78 is 23.3. The average molecular weight is 380 g/mol. The lowest BCUT2D eigenvalue weighted by molar-refractivity contribution is -0.129. The van der Waals surface area contributed by atoms with Crippen LogP contribution < -0.4 is 0 Å². The smallest absolute Gasteiger partial charge is 0.233 e. The van der Waals surface area contributed by atoms with Gasteiger partial charge in [0.2, 0.25) is 11.1 Å². The normalized spacial score (nSPS) is 19.0. The first-order valence-electron chi connectivity index (χ1n) is 8.09. The number of H-pyrrole nitrogens is 1. The number of benzene rings is 1. The summed E-state index contributed by atoms with van der Waals surface area (Å²) >= 11 is 1.25. The fraction of sp³-hybridized carbons (Fsp3) is 0.438. The Morgan fingerprint density at radius 1 is 1.36 bits per heavy atom. The van der Waals surface area contributed by atoms with Gasteiger partial charge in [-0.25, -0.2) is 13.4 Å². The van der Waals surface area contributed by atoms with Crippen LogP contribution >= 0.6 is 11.8 Å². The molecule has 25 heavy (non-hydrogen) atoms. The second-order valence-electron chi connectivity index (χ2n) is 5.86. The van der Waals surface area contributed by atoms with Crippen molar-refractivity contribution in [3.63, 3.8) is 0 Å². The molecule has 2 aromatic rings. The van der Waals surface area contributed by atoms with E-state index in [0.29, 0.717) is 23.9 Å². The van der Waals surface area contributed by atoms with Gasteiger partial charge in [0.25, 0.3) is 0 Å². The zero-order valence-corrected chi connectivity index (χ0v) is 15.5. The summed E-state index contributed by atoms with van der Waals surface area (Å²) in [5.74, 6) is 0.994. The molecule has 0 saturated carbocycles. The van der Waals surface area contributed by atoms with Crippen LogP contribution in [0.4, 0.5) is 0 Å².